The fourth-order valence-electron chi connectivity index (χ4n) is 3.93. The van der Waals surface area contributed by atoms with E-state index in [1.54, 1.807) is 13.3 Å². The number of hydrogen-bond acceptors (Lipinski definition) is 6. The SMILES string of the molecule is COc1ncc(C2=CC3CCC(C2)N3C(=O)OCc2ccccc2)c(OC)n1. The fourth-order valence-corrected chi connectivity index (χ4v) is 3.93. The van der Waals surface area contributed by atoms with E-state index in [0.29, 0.717) is 5.88 Å². The molecule has 7 heteroatoms. The van der Waals surface area contributed by atoms with Crippen molar-refractivity contribution in [3.05, 3.63) is 53.7 Å². The van der Waals surface area contributed by atoms with Crippen LogP contribution in [-0.2, 0) is 11.3 Å². The van der Waals surface area contributed by atoms with E-state index in [2.05, 4.69) is 16.0 Å². The van der Waals surface area contributed by atoms with Gasteiger partial charge in [-0.25, -0.2) is 9.78 Å². The number of amides is 1. The van der Waals surface area contributed by atoms with Gasteiger partial charge in [0.05, 0.1) is 25.8 Å². The van der Waals surface area contributed by atoms with Crippen molar-refractivity contribution in [3.8, 4) is 11.9 Å². The number of ether oxygens (including phenoxy) is 3. The van der Waals surface area contributed by atoms with E-state index in [1.807, 2.05) is 35.2 Å². The van der Waals surface area contributed by atoms with Crippen molar-refractivity contribution in [2.75, 3.05) is 14.2 Å². The molecule has 1 fully saturated rings. The second-order valence-electron chi connectivity index (χ2n) is 6.92. The Morgan fingerprint density at radius 3 is 2.71 bits per heavy atom. The lowest BCUT2D eigenvalue weighted by atomic mass is 9.96. The summed E-state index contributed by atoms with van der Waals surface area (Å²) >= 11 is 0. The van der Waals surface area contributed by atoms with Gasteiger partial charge in [-0.3, -0.25) is 4.90 Å². The smallest absolute Gasteiger partial charge is 0.410 e. The maximum atomic E-state index is 12.7. The lowest BCUT2D eigenvalue weighted by Gasteiger charge is -2.33. The minimum absolute atomic E-state index is 0.0174. The van der Waals surface area contributed by atoms with Crippen molar-refractivity contribution >= 4 is 11.7 Å². The summed E-state index contributed by atoms with van der Waals surface area (Å²) in [7, 11) is 3.10. The average Bonchev–Trinajstić information content (AvgIpc) is 3.01. The molecule has 7 nitrogen and oxygen atoms in total. The molecule has 146 valence electrons. The number of hydrogen-bond donors (Lipinski definition) is 0. The molecule has 3 heterocycles. The van der Waals surface area contributed by atoms with E-state index < -0.39 is 0 Å². The van der Waals surface area contributed by atoms with Crippen LogP contribution in [0.4, 0.5) is 4.79 Å². The Morgan fingerprint density at radius 1 is 1.18 bits per heavy atom. The van der Waals surface area contributed by atoms with Gasteiger partial charge in [-0.15, -0.1) is 0 Å². The van der Waals surface area contributed by atoms with E-state index in [4.69, 9.17) is 14.2 Å². The van der Waals surface area contributed by atoms with Gasteiger partial charge in [0.2, 0.25) is 5.88 Å². The zero-order valence-corrected chi connectivity index (χ0v) is 16.0. The fraction of sp³-hybridized carbons (Fsp3) is 0.381. The molecule has 1 aromatic heterocycles. The Kier molecular flexibility index (Phi) is 5.14. The van der Waals surface area contributed by atoms with Crippen molar-refractivity contribution < 1.29 is 19.0 Å². The van der Waals surface area contributed by atoms with Crippen LogP contribution in [0.25, 0.3) is 5.57 Å². The molecule has 1 aromatic carbocycles. The number of rotatable bonds is 5. The maximum absolute atomic E-state index is 12.7. The second kappa shape index (κ2) is 7.88. The highest BCUT2D eigenvalue weighted by molar-refractivity contribution is 5.76. The van der Waals surface area contributed by atoms with Gasteiger partial charge < -0.3 is 14.2 Å². The first-order valence-corrected chi connectivity index (χ1v) is 9.34. The van der Waals surface area contributed by atoms with Crippen LogP contribution < -0.4 is 9.47 Å². The van der Waals surface area contributed by atoms with Gasteiger partial charge >= 0.3 is 12.1 Å². The maximum Gasteiger partial charge on any atom is 0.410 e. The van der Waals surface area contributed by atoms with Crippen molar-refractivity contribution in [2.45, 2.75) is 38.0 Å². The van der Waals surface area contributed by atoms with Gasteiger partial charge in [0.25, 0.3) is 0 Å². The second-order valence-corrected chi connectivity index (χ2v) is 6.92. The number of nitrogens with zero attached hydrogens (tertiary/aromatic N) is 3. The number of carbonyl (C=O) groups excluding carboxylic acids is 1. The Bertz CT molecular complexity index is 884. The molecule has 2 atom stereocenters. The van der Waals surface area contributed by atoms with E-state index in [-0.39, 0.29) is 30.8 Å². The number of fused-ring (bicyclic) bond motifs is 2. The average molecular weight is 381 g/mol. The molecule has 2 bridgehead atoms. The summed E-state index contributed by atoms with van der Waals surface area (Å²) in [5.41, 5.74) is 2.92. The predicted molar refractivity (Wildman–Crippen MR) is 103 cm³/mol. The summed E-state index contributed by atoms with van der Waals surface area (Å²) in [6, 6.07) is 10.1. The zero-order valence-electron chi connectivity index (χ0n) is 16.0. The third kappa shape index (κ3) is 3.52. The molecule has 28 heavy (non-hydrogen) atoms. The molecule has 0 spiro atoms. The van der Waals surface area contributed by atoms with Crippen LogP contribution in [0.2, 0.25) is 0 Å². The predicted octanol–water partition coefficient (Wildman–Crippen LogP) is 3.45. The summed E-state index contributed by atoms with van der Waals surface area (Å²) < 4.78 is 16.0. The first kappa shape index (κ1) is 18.3. The number of methoxy groups -OCH3 is 2. The summed E-state index contributed by atoms with van der Waals surface area (Å²) in [4.78, 5) is 23.0. The zero-order chi connectivity index (χ0) is 19.5. The molecule has 2 aliphatic heterocycles. The van der Waals surface area contributed by atoms with Crippen molar-refractivity contribution in [1.29, 1.82) is 0 Å². The molecule has 1 amide bonds. The summed E-state index contributed by atoms with van der Waals surface area (Å²) in [6.07, 6.45) is 6.17. The van der Waals surface area contributed by atoms with E-state index in [9.17, 15) is 4.79 Å². The van der Waals surface area contributed by atoms with Gasteiger partial charge in [-0.2, -0.15) is 4.98 Å². The molecular weight excluding hydrogens is 358 g/mol. The largest absolute Gasteiger partial charge is 0.480 e. The quantitative estimate of drug-likeness (QED) is 0.790. The molecule has 0 N–H and O–H groups in total. The van der Waals surface area contributed by atoms with Crippen LogP contribution in [0.1, 0.15) is 30.4 Å². The van der Waals surface area contributed by atoms with Crippen molar-refractivity contribution in [3.63, 3.8) is 0 Å². The van der Waals surface area contributed by atoms with Gasteiger partial charge in [0, 0.05) is 12.2 Å². The standard InChI is InChI=1S/C21H23N3O4/c1-26-19-18(12-22-20(23-19)27-2)15-10-16-8-9-17(11-15)24(16)21(25)28-13-14-6-4-3-5-7-14/h3-7,10,12,16-17H,8-9,11,13H2,1-2H3. The minimum atomic E-state index is -0.260. The summed E-state index contributed by atoms with van der Waals surface area (Å²) in [6.45, 7) is 0.284. The summed E-state index contributed by atoms with van der Waals surface area (Å²) in [5.74, 6) is 0.484. The molecular formula is C21H23N3O4. The number of benzene rings is 1. The molecule has 2 aromatic rings. The van der Waals surface area contributed by atoms with Gasteiger partial charge in [0.1, 0.15) is 6.61 Å². The van der Waals surface area contributed by atoms with Gasteiger partial charge in [-0.05, 0) is 30.4 Å². The van der Waals surface area contributed by atoms with Crippen LogP contribution in [0, 0.1) is 0 Å². The van der Waals surface area contributed by atoms with Crippen LogP contribution >= 0.6 is 0 Å². The molecule has 0 saturated carbocycles. The van der Waals surface area contributed by atoms with Gasteiger partial charge in [0.15, 0.2) is 0 Å². The highest BCUT2D eigenvalue weighted by Gasteiger charge is 2.41. The number of aromatic nitrogens is 2. The van der Waals surface area contributed by atoms with Crippen molar-refractivity contribution in [1.82, 2.24) is 14.9 Å². The molecule has 0 radical (unpaired) electrons. The third-order valence-electron chi connectivity index (χ3n) is 5.26. The van der Waals surface area contributed by atoms with E-state index >= 15 is 0 Å². The van der Waals surface area contributed by atoms with Crippen LogP contribution in [-0.4, -0.2) is 47.3 Å². The monoisotopic (exact) mass is 381 g/mol. The van der Waals surface area contributed by atoms with Crippen LogP contribution in [0.3, 0.4) is 0 Å². The third-order valence-corrected chi connectivity index (χ3v) is 5.26. The highest BCUT2D eigenvalue weighted by Crippen LogP contribution is 2.40. The minimum Gasteiger partial charge on any atom is -0.480 e. The molecule has 2 unspecified atom stereocenters. The Labute approximate surface area is 164 Å². The Balaban J connectivity index is 1.50. The molecule has 1 saturated heterocycles. The molecule has 2 aliphatic rings. The van der Waals surface area contributed by atoms with Crippen LogP contribution in [0.15, 0.2) is 42.6 Å². The Morgan fingerprint density at radius 2 is 2.00 bits per heavy atom. The normalized spacial score (nSPS) is 20.5. The van der Waals surface area contributed by atoms with Gasteiger partial charge in [-0.1, -0.05) is 36.4 Å². The summed E-state index contributed by atoms with van der Waals surface area (Å²) in [5, 5.41) is 0. The van der Waals surface area contributed by atoms with E-state index in [0.717, 1.165) is 36.0 Å². The highest BCUT2D eigenvalue weighted by atomic mass is 16.6. The molecule has 0 aliphatic carbocycles. The van der Waals surface area contributed by atoms with E-state index in [1.165, 1.54) is 7.11 Å². The Hall–Kier alpha value is -3.09. The van der Waals surface area contributed by atoms with Crippen LogP contribution in [0.5, 0.6) is 11.9 Å². The first-order chi connectivity index (χ1) is 13.7. The number of carbonyl (C=O) groups is 1. The van der Waals surface area contributed by atoms with Crippen molar-refractivity contribution in [2.24, 2.45) is 0 Å². The lowest BCUT2D eigenvalue weighted by Crippen LogP contribution is -2.43. The topological polar surface area (TPSA) is 73.8 Å². The lowest BCUT2D eigenvalue weighted by molar-refractivity contribution is 0.0832. The first-order valence-electron chi connectivity index (χ1n) is 9.34. The molecule has 4 rings (SSSR count).